The fraction of sp³-hybridized carbons (Fsp3) is 0.176. The van der Waals surface area contributed by atoms with Crippen LogP contribution in [0.4, 0.5) is 0 Å². The van der Waals surface area contributed by atoms with Gasteiger partial charge >= 0.3 is 5.97 Å². The van der Waals surface area contributed by atoms with Gasteiger partial charge < -0.3 is 10.1 Å². The average Bonchev–Trinajstić information content (AvgIpc) is 2.43. The molecule has 0 atom stereocenters. The van der Waals surface area contributed by atoms with Crippen molar-refractivity contribution in [3.05, 3.63) is 57.2 Å². The normalized spacial score (nSPS) is 11.1. The zero-order chi connectivity index (χ0) is 15.1. The number of aryl methyl sites for hydroxylation is 2. The molecule has 3 aromatic rings. The van der Waals surface area contributed by atoms with Gasteiger partial charge in [0.2, 0.25) is 0 Å². The summed E-state index contributed by atoms with van der Waals surface area (Å²) in [5.41, 5.74) is 4.30. The molecule has 1 heterocycles. The number of fused-ring (bicyclic) bond motifs is 2. The first kappa shape index (κ1) is 13.4. The third-order valence-corrected chi connectivity index (χ3v) is 3.92. The summed E-state index contributed by atoms with van der Waals surface area (Å²) >= 11 is 0. The molecule has 0 saturated carbocycles. The van der Waals surface area contributed by atoms with E-state index in [4.69, 9.17) is 5.11 Å². The quantitative estimate of drug-likeness (QED) is 0.709. The molecule has 0 radical (unpaired) electrons. The maximum Gasteiger partial charge on any atom is 0.307 e. The van der Waals surface area contributed by atoms with Crippen molar-refractivity contribution in [2.75, 3.05) is 0 Å². The van der Waals surface area contributed by atoms with E-state index in [9.17, 15) is 9.59 Å². The van der Waals surface area contributed by atoms with Crippen molar-refractivity contribution in [2.45, 2.75) is 20.3 Å². The molecule has 21 heavy (non-hydrogen) atoms. The molecule has 3 rings (SSSR count). The minimum absolute atomic E-state index is 0.0243. The fourth-order valence-electron chi connectivity index (χ4n) is 2.62. The van der Waals surface area contributed by atoms with Gasteiger partial charge in [-0.25, -0.2) is 0 Å². The summed E-state index contributed by atoms with van der Waals surface area (Å²) in [5, 5.41) is 10.1. The van der Waals surface area contributed by atoms with Crippen LogP contribution in [-0.4, -0.2) is 16.1 Å². The van der Waals surface area contributed by atoms with Gasteiger partial charge in [0.05, 0.1) is 17.5 Å². The molecule has 0 aliphatic heterocycles. The number of hydrogen-bond donors (Lipinski definition) is 2. The van der Waals surface area contributed by atoms with E-state index in [-0.39, 0.29) is 11.8 Å². The molecule has 0 aliphatic rings. The summed E-state index contributed by atoms with van der Waals surface area (Å²) < 4.78 is 0. The molecule has 0 unspecified atom stereocenters. The van der Waals surface area contributed by atoms with Crippen molar-refractivity contribution >= 4 is 27.8 Å². The first-order valence-electron chi connectivity index (χ1n) is 6.74. The van der Waals surface area contributed by atoms with Gasteiger partial charge in [-0.1, -0.05) is 12.1 Å². The van der Waals surface area contributed by atoms with Crippen molar-refractivity contribution in [1.82, 2.24) is 4.98 Å². The Balaban J connectivity index is 2.37. The Kier molecular flexibility index (Phi) is 3.01. The van der Waals surface area contributed by atoms with Gasteiger partial charge in [0.1, 0.15) is 0 Å². The van der Waals surface area contributed by atoms with Crippen LogP contribution < -0.4 is 5.43 Å². The maximum absolute atomic E-state index is 12.5. The van der Waals surface area contributed by atoms with E-state index in [1.165, 1.54) is 0 Å². The van der Waals surface area contributed by atoms with Crippen molar-refractivity contribution in [3.63, 3.8) is 0 Å². The van der Waals surface area contributed by atoms with E-state index in [1.54, 1.807) is 18.2 Å². The molecule has 0 amide bonds. The van der Waals surface area contributed by atoms with Crippen molar-refractivity contribution in [1.29, 1.82) is 0 Å². The third-order valence-electron chi connectivity index (χ3n) is 3.92. The minimum Gasteiger partial charge on any atom is -0.481 e. The number of aromatic nitrogens is 1. The summed E-state index contributed by atoms with van der Waals surface area (Å²) in [6.07, 6.45) is -0.0528. The van der Waals surface area contributed by atoms with E-state index in [1.807, 2.05) is 26.0 Å². The van der Waals surface area contributed by atoms with E-state index in [0.29, 0.717) is 21.9 Å². The van der Waals surface area contributed by atoms with E-state index >= 15 is 0 Å². The molecule has 4 nitrogen and oxygen atoms in total. The molecular weight excluding hydrogens is 266 g/mol. The fourth-order valence-corrected chi connectivity index (χ4v) is 2.62. The lowest BCUT2D eigenvalue weighted by atomic mass is 10.0. The predicted molar refractivity (Wildman–Crippen MR) is 82.9 cm³/mol. The molecule has 0 fully saturated rings. The number of aromatic amines is 1. The summed E-state index contributed by atoms with van der Waals surface area (Å²) in [4.78, 5) is 26.6. The number of nitrogens with one attached hydrogen (secondary N) is 1. The number of benzene rings is 2. The molecule has 0 spiro atoms. The van der Waals surface area contributed by atoms with Gasteiger partial charge in [-0.2, -0.15) is 0 Å². The lowest BCUT2D eigenvalue weighted by molar-refractivity contribution is -0.136. The second kappa shape index (κ2) is 4.74. The molecule has 4 heteroatoms. The largest absolute Gasteiger partial charge is 0.481 e. The Morgan fingerprint density at radius 2 is 1.86 bits per heavy atom. The monoisotopic (exact) mass is 281 g/mol. The third kappa shape index (κ3) is 2.18. The number of carboxylic acid groups (broad SMARTS) is 1. The maximum atomic E-state index is 12.5. The summed E-state index contributed by atoms with van der Waals surface area (Å²) in [6.45, 7) is 3.97. The van der Waals surface area contributed by atoms with Gasteiger partial charge in [0.15, 0.2) is 5.43 Å². The lowest BCUT2D eigenvalue weighted by Gasteiger charge is -2.08. The Hall–Kier alpha value is -2.62. The zero-order valence-corrected chi connectivity index (χ0v) is 11.9. The first-order chi connectivity index (χ1) is 9.97. The number of pyridine rings is 1. The molecule has 106 valence electrons. The molecule has 0 aliphatic carbocycles. The molecule has 2 aromatic carbocycles. The van der Waals surface area contributed by atoms with Crippen molar-refractivity contribution in [3.8, 4) is 0 Å². The average molecular weight is 281 g/mol. The highest BCUT2D eigenvalue weighted by atomic mass is 16.4. The van der Waals surface area contributed by atoms with E-state index in [0.717, 1.165) is 16.6 Å². The summed E-state index contributed by atoms with van der Waals surface area (Å²) in [5.74, 6) is -0.885. The van der Waals surface area contributed by atoms with Crippen LogP contribution in [0.2, 0.25) is 0 Å². The summed E-state index contributed by atoms with van der Waals surface area (Å²) in [7, 11) is 0. The SMILES string of the molecule is Cc1ccc2c(=O)c3ccc(CC(=O)O)cc3[nH]c2c1C. The number of carbonyl (C=O) groups is 1. The van der Waals surface area contributed by atoms with Gasteiger partial charge in [0.25, 0.3) is 0 Å². The predicted octanol–water partition coefficient (Wildman–Crippen LogP) is 2.93. The van der Waals surface area contributed by atoms with Crippen LogP contribution in [0.1, 0.15) is 16.7 Å². The molecule has 1 aromatic heterocycles. The van der Waals surface area contributed by atoms with Crippen LogP contribution in [0.3, 0.4) is 0 Å². The smallest absolute Gasteiger partial charge is 0.307 e. The number of hydrogen-bond acceptors (Lipinski definition) is 2. The first-order valence-corrected chi connectivity index (χ1v) is 6.74. The Morgan fingerprint density at radius 1 is 1.14 bits per heavy atom. The lowest BCUT2D eigenvalue weighted by Crippen LogP contribution is -2.07. The standard InChI is InChI=1S/C17H15NO3/c1-9-3-5-13-16(10(9)2)18-14-7-11(8-15(19)20)4-6-12(14)17(13)21/h3-7H,8H2,1-2H3,(H,18,21)(H,19,20). The Bertz CT molecular complexity index is 938. The Labute approximate surface area is 121 Å². The number of carboxylic acids is 1. The van der Waals surface area contributed by atoms with Crippen molar-refractivity contribution in [2.24, 2.45) is 0 Å². The van der Waals surface area contributed by atoms with E-state index < -0.39 is 5.97 Å². The summed E-state index contributed by atoms with van der Waals surface area (Å²) in [6, 6.07) is 8.91. The molecule has 2 N–H and O–H groups in total. The number of rotatable bonds is 2. The highest BCUT2D eigenvalue weighted by Crippen LogP contribution is 2.21. The van der Waals surface area contributed by atoms with Crippen molar-refractivity contribution < 1.29 is 9.90 Å². The van der Waals surface area contributed by atoms with Crippen LogP contribution >= 0.6 is 0 Å². The zero-order valence-electron chi connectivity index (χ0n) is 11.9. The van der Waals surface area contributed by atoms with E-state index in [2.05, 4.69) is 4.98 Å². The Morgan fingerprint density at radius 3 is 2.57 bits per heavy atom. The van der Waals surface area contributed by atoms with Gasteiger partial charge in [-0.15, -0.1) is 0 Å². The van der Waals surface area contributed by atoms with Gasteiger partial charge in [-0.05, 0) is 48.7 Å². The number of aliphatic carboxylic acids is 1. The highest BCUT2D eigenvalue weighted by Gasteiger charge is 2.10. The van der Waals surface area contributed by atoms with Crippen LogP contribution in [0.25, 0.3) is 21.8 Å². The molecular formula is C17H15NO3. The van der Waals surface area contributed by atoms with Gasteiger partial charge in [0, 0.05) is 10.8 Å². The molecule has 0 bridgehead atoms. The van der Waals surface area contributed by atoms with Crippen LogP contribution in [-0.2, 0) is 11.2 Å². The van der Waals surface area contributed by atoms with Crippen LogP contribution in [0.5, 0.6) is 0 Å². The minimum atomic E-state index is -0.885. The highest BCUT2D eigenvalue weighted by molar-refractivity contribution is 5.94. The topological polar surface area (TPSA) is 70.2 Å². The number of H-pyrrole nitrogens is 1. The molecule has 0 saturated heterocycles. The van der Waals surface area contributed by atoms with Crippen LogP contribution in [0, 0.1) is 13.8 Å². The second-order valence-electron chi connectivity index (χ2n) is 5.33. The van der Waals surface area contributed by atoms with Crippen LogP contribution in [0.15, 0.2) is 35.1 Å². The van der Waals surface area contributed by atoms with Gasteiger partial charge in [-0.3, -0.25) is 9.59 Å². The second-order valence-corrected chi connectivity index (χ2v) is 5.33.